The fourth-order valence-electron chi connectivity index (χ4n) is 3.27. The molecule has 0 spiro atoms. The Morgan fingerprint density at radius 1 is 1.18 bits per heavy atom. The SMILES string of the molecule is CC(C)N(C)Cc1ccccc1CNC(=O)C1(S(C)(=O)=O)CCNCC1.Cl.Cl. The van der Waals surface area contributed by atoms with Gasteiger partial charge in [0.1, 0.15) is 0 Å². The molecule has 28 heavy (non-hydrogen) atoms. The number of hydrogen-bond acceptors (Lipinski definition) is 5. The molecular formula is C19H33Cl2N3O3S. The first-order chi connectivity index (χ1) is 12.2. The number of nitrogens with one attached hydrogen (secondary N) is 2. The van der Waals surface area contributed by atoms with E-state index in [-0.39, 0.29) is 30.7 Å². The van der Waals surface area contributed by atoms with Crippen molar-refractivity contribution >= 4 is 40.6 Å². The van der Waals surface area contributed by atoms with Gasteiger partial charge in [0, 0.05) is 25.4 Å². The molecule has 0 unspecified atom stereocenters. The van der Waals surface area contributed by atoms with E-state index in [0.717, 1.165) is 17.7 Å². The molecule has 1 amide bonds. The van der Waals surface area contributed by atoms with Crippen LogP contribution in [0.4, 0.5) is 0 Å². The summed E-state index contributed by atoms with van der Waals surface area (Å²) in [4.78, 5) is 15.1. The van der Waals surface area contributed by atoms with Crippen molar-refractivity contribution in [2.45, 2.75) is 50.6 Å². The van der Waals surface area contributed by atoms with Gasteiger partial charge in [-0.2, -0.15) is 0 Å². The van der Waals surface area contributed by atoms with Crippen molar-refractivity contribution < 1.29 is 13.2 Å². The summed E-state index contributed by atoms with van der Waals surface area (Å²) in [5, 5.41) is 6.03. The van der Waals surface area contributed by atoms with E-state index >= 15 is 0 Å². The zero-order valence-electron chi connectivity index (χ0n) is 17.0. The zero-order chi connectivity index (χ0) is 19.4. The van der Waals surface area contributed by atoms with E-state index in [2.05, 4.69) is 42.5 Å². The van der Waals surface area contributed by atoms with Gasteiger partial charge in [-0.3, -0.25) is 9.69 Å². The van der Waals surface area contributed by atoms with Gasteiger partial charge >= 0.3 is 0 Å². The van der Waals surface area contributed by atoms with Crippen molar-refractivity contribution in [2.75, 3.05) is 26.4 Å². The van der Waals surface area contributed by atoms with Crippen LogP contribution in [0.1, 0.15) is 37.8 Å². The number of amides is 1. The highest BCUT2D eigenvalue weighted by molar-refractivity contribution is 7.92. The van der Waals surface area contributed by atoms with Crippen LogP contribution >= 0.6 is 24.8 Å². The Hall–Kier alpha value is -0.860. The van der Waals surface area contributed by atoms with Gasteiger partial charge in [0.2, 0.25) is 5.91 Å². The molecule has 1 aromatic rings. The predicted molar refractivity (Wildman–Crippen MR) is 119 cm³/mol. The van der Waals surface area contributed by atoms with Gasteiger partial charge in [0.25, 0.3) is 0 Å². The van der Waals surface area contributed by atoms with Crippen LogP contribution in [0, 0.1) is 0 Å². The van der Waals surface area contributed by atoms with Gasteiger partial charge < -0.3 is 10.6 Å². The number of carbonyl (C=O) groups excluding carboxylic acids is 1. The number of sulfone groups is 1. The second-order valence-electron chi connectivity index (χ2n) is 7.48. The highest BCUT2D eigenvalue weighted by Gasteiger charge is 2.48. The Morgan fingerprint density at radius 3 is 2.21 bits per heavy atom. The first-order valence-corrected chi connectivity index (χ1v) is 11.0. The van der Waals surface area contributed by atoms with Crippen LogP contribution in [0.2, 0.25) is 0 Å². The van der Waals surface area contributed by atoms with Crippen molar-refractivity contribution in [3.63, 3.8) is 0 Å². The van der Waals surface area contributed by atoms with E-state index in [1.54, 1.807) is 0 Å². The van der Waals surface area contributed by atoms with Crippen LogP contribution < -0.4 is 10.6 Å². The third-order valence-electron chi connectivity index (χ3n) is 5.39. The Morgan fingerprint density at radius 2 is 1.71 bits per heavy atom. The Kier molecular flexibility index (Phi) is 11.0. The molecule has 1 aromatic carbocycles. The van der Waals surface area contributed by atoms with Crippen LogP contribution in [0.25, 0.3) is 0 Å². The molecule has 6 nitrogen and oxygen atoms in total. The summed E-state index contributed by atoms with van der Waals surface area (Å²) in [5.41, 5.74) is 2.16. The number of halogens is 2. The van der Waals surface area contributed by atoms with E-state index in [9.17, 15) is 13.2 Å². The van der Waals surface area contributed by atoms with Gasteiger partial charge in [0.05, 0.1) is 0 Å². The molecule has 1 aliphatic rings. The molecule has 1 fully saturated rings. The minimum Gasteiger partial charge on any atom is -0.351 e. The smallest absolute Gasteiger partial charge is 0.241 e. The highest BCUT2D eigenvalue weighted by atomic mass is 35.5. The minimum atomic E-state index is -3.49. The molecule has 2 rings (SSSR count). The summed E-state index contributed by atoms with van der Waals surface area (Å²) in [6.07, 6.45) is 1.80. The summed E-state index contributed by atoms with van der Waals surface area (Å²) < 4.78 is 23.4. The molecule has 0 atom stereocenters. The Balaban J connectivity index is 0.00000364. The maximum Gasteiger partial charge on any atom is 0.241 e. The minimum absolute atomic E-state index is 0. The molecule has 1 saturated heterocycles. The molecule has 1 aliphatic heterocycles. The lowest BCUT2D eigenvalue weighted by molar-refractivity contribution is -0.124. The number of rotatable bonds is 7. The second-order valence-corrected chi connectivity index (χ2v) is 9.80. The van der Waals surface area contributed by atoms with E-state index < -0.39 is 14.6 Å². The third kappa shape index (κ3) is 6.32. The number of carbonyl (C=O) groups is 1. The summed E-state index contributed by atoms with van der Waals surface area (Å²) in [7, 11) is -1.43. The quantitative estimate of drug-likeness (QED) is 0.660. The summed E-state index contributed by atoms with van der Waals surface area (Å²) >= 11 is 0. The van der Waals surface area contributed by atoms with Gasteiger partial charge in [-0.1, -0.05) is 24.3 Å². The molecule has 0 bridgehead atoms. The zero-order valence-corrected chi connectivity index (χ0v) is 19.5. The second kappa shape index (κ2) is 11.4. The Bertz CT molecular complexity index is 736. The van der Waals surface area contributed by atoms with Crippen molar-refractivity contribution in [1.82, 2.24) is 15.5 Å². The average Bonchev–Trinajstić information content (AvgIpc) is 2.60. The molecule has 9 heteroatoms. The summed E-state index contributed by atoms with van der Waals surface area (Å²) in [5.74, 6) is -0.381. The maximum atomic E-state index is 12.9. The first kappa shape index (κ1) is 27.1. The topological polar surface area (TPSA) is 78.5 Å². The van der Waals surface area contributed by atoms with Gasteiger partial charge in [-0.15, -0.1) is 24.8 Å². The fraction of sp³-hybridized carbons (Fsp3) is 0.632. The molecule has 0 radical (unpaired) electrons. The molecule has 162 valence electrons. The monoisotopic (exact) mass is 453 g/mol. The molecule has 0 aliphatic carbocycles. The summed E-state index contributed by atoms with van der Waals surface area (Å²) in [6.45, 7) is 6.47. The van der Waals surface area contributed by atoms with Gasteiger partial charge in [-0.25, -0.2) is 8.42 Å². The fourth-order valence-corrected chi connectivity index (χ4v) is 4.62. The maximum absolute atomic E-state index is 12.9. The molecule has 2 N–H and O–H groups in total. The predicted octanol–water partition coefficient (Wildman–Crippen LogP) is 2.15. The van der Waals surface area contributed by atoms with Crippen LogP contribution in [-0.4, -0.2) is 56.4 Å². The van der Waals surface area contributed by atoms with Crippen LogP contribution in [0.5, 0.6) is 0 Å². The van der Waals surface area contributed by atoms with Crippen molar-refractivity contribution in [3.05, 3.63) is 35.4 Å². The highest BCUT2D eigenvalue weighted by Crippen LogP contribution is 2.28. The van der Waals surface area contributed by atoms with Crippen LogP contribution in [-0.2, 0) is 27.7 Å². The largest absolute Gasteiger partial charge is 0.351 e. The normalized spacial score (nSPS) is 16.2. The number of piperidine rings is 1. The van der Waals surface area contributed by atoms with Crippen molar-refractivity contribution in [3.8, 4) is 0 Å². The molecule has 0 saturated carbocycles. The van der Waals surface area contributed by atoms with Crippen molar-refractivity contribution in [1.29, 1.82) is 0 Å². The lowest BCUT2D eigenvalue weighted by Gasteiger charge is -2.34. The molecule has 1 heterocycles. The summed E-state index contributed by atoms with van der Waals surface area (Å²) in [6, 6.07) is 8.38. The molecule has 0 aromatic heterocycles. The number of benzene rings is 1. The first-order valence-electron chi connectivity index (χ1n) is 9.13. The van der Waals surface area contributed by atoms with E-state index in [0.29, 0.717) is 38.5 Å². The third-order valence-corrected chi connectivity index (χ3v) is 7.41. The van der Waals surface area contributed by atoms with Gasteiger partial charge in [0.15, 0.2) is 14.6 Å². The van der Waals surface area contributed by atoms with Crippen molar-refractivity contribution in [2.24, 2.45) is 0 Å². The van der Waals surface area contributed by atoms with E-state index in [4.69, 9.17) is 0 Å². The standard InChI is InChI=1S/C19H31N3O3S.2ClH/c1-15(2)22(3)14-17-8-6-5-7-16(17)13-21-18(23)19(26(4,24)25)9-11-20-12-10-19;;/h5-8,15,20H,9-14H2,1-4H3,(H,21,23);2*1H. The van der Waals surface area contributed by atoms with Gasteiger partial charge in [-0.05, 0) is 58.0 Å². The van der Waals surface area contributed by atoms with Crippen LogP contribution in [0.15, 0.2) is 24.3 Å². The lowest BCUT2D eigenvalue weighted by atomic mass is 9.95. The molecular weight excluding hydrogens is 421 g/mol. The average molecular weight is 454 g/mol. The Labute approximate surface area is 181 Å². The number of nitrogens with zero attached hydrogens (tertiary/aromatic N) is 1. The van der Waals surface area contributed by atoms with Crippen LogP contribution in [0.3, 0.4) is 0 Å². The van der Waals surface area contributed by atoms with E-state index in [1.807, 2.05) is 18.2 Å². The van der Waals surface area contributed by atoms with E-state index in [1.165, 1.54) is 6.26 Å². The lowest BCUT2D eigenvalue weighted by Crippen LogP contribution is -2.57. The number of hydrogen-bond donors (Lipinski definition) is 2.